The third-order valence-corrected chi connectivity index (χ3v) is 4.00. The summed E-state index contributed by atoms with van der Waals surface area (Å²) in [5.41, 5.74) is 0.950. The van der Waals surface area contributed by atoms with Gasteiger partial charge in [0.25, 0.3) is 5.91 Å². The zero-order valence-corrected chi connectivity index (χ0v) is 13.1. The van der Waals surface area contributed by atoms with E-state index in [0.29, 0.717) is 13.0 Å². The van der Waals surface area contributed by atoms with Gasteiger partial charge in [-0.1, -0.05) is 31.4 Å². The smallest absolute Gasteiger partial charge is 0.263 e. The van der Waals surface area contributed by atoms with Crippen LogP contribution in [0.3, 0.4) is 0 Å². The highest BCUT2D eigenvalue weighted by Crippen LogP contribution is 2.17. The van der Waals surface area contributed by atoms with Gasteiger partial charge in [0.05, 0.1) is 0 Å². The van der Waals surface area contributed by atoms with Crippen LogP contribution in [0.4, 0.5) is 4.39 Å². The van der Waals surface area contributed by atoms with Crippen LogP contribution in [0.25, 0.3) is 0 Å². The lowest BCUT2D eigenvalue weighted by molar-refractivity contribution is -0.118. The number of rotatable bonds is 6. The second-order valence-electron chi connectivity index (χ2n) is 5.81. The van der Waals surface area contributed by atoms with Crippen molar-refractivity contribution < 1.29 is 9.18 Å². The molecule has 1 amide bonds. The van der Waals surface area contributed by atoms with Crippen molar-refractivity contribution in [2.24, 2.45) is 0 Å². The molecule has 1 aromatic rings. The fourth-order valence-corrected chi connectivity index (χ4v) is 2.74. The first-order chi connectivity index (χ1) is 11.2. The minimum atomic E-state index is -0.322. The Morgan fingerprint density at radius 2 is 2.13 bits per heavy atom. The summed E-state index contributed by atoms with van der Waals surface area (Å²) in [6, 6.07) is 8.50. The second kappa shape index (κ2) is 8.94. The number of halogens is 1. The molecule has 1 aliphatic carbocycles. The van der Waals surface area contributed by atoms with Gasteiger partial charge in [0.15, 0.2) is 0 Å². The molecule has 0 bridgehead atoms. The number of nitriles is 1. The Kier molecular flexibility index (Phi) is 6.61. The number of carbonyl (C=O) groups is 1. The maximum atomic E-state index is 13.1. The van der Waals surface area contributed by atoms with Gasteiger partial charge in [0.2, 0.25) is 0 Å². The summed E-state index contributed by atoms with van der Waals surface area (Å²) >= 11 is 0. The Balaban J connectivity index is 1.79. The molecule has 0 saturated heterocycles. The van der Waals surface area contributed by atoms with Gasteiger partial charge in [0, 0.05) is 18.8 Å². The molecule has 0 aliphatic heterocycles. The molecule has 0 unspecified atom stereocenters. The van der Waals surface area contributed by atoms with E-state index in [4.69, 9.17) is 5.26 Å². The molecule has 23 heavy (non-hydrogen) atoms. The first-order valence-electron chi connectivity index (χ1n) is 8.08. The molecular weight excluding hydrogens is 293 g/mol. The molecule has 0 aromatic heterocycles. The molecule has 1 aliphatic rings. The lowest BCUT2D eigenvalue weighted by Gasteiger charge is -2.22. The molecule has 2 N–H and O–H groups in total. The van der Waals surface area contributed by atoms with E-state index in [1.165, 1.54) is 24.8 Å². The van der Waals surface area contributed by atoms with Crippen LogP contribution in [0, 0.1) is 17.1 Å². The highest BCUT2D eigenvalue weighted by atomic mass is 19.1. The molecule has 1 aromatic carbocycles. The first kappa shape index (κ1) is 17.0. The minimum Gasteiger partial charge on any atom is -0.389 e. The number of hydrogen-bond donors (Lipinski definition) is 2. The quantitative estimate of drug-likeness (QED) is 0.482. The van der Waals surface area contributed by atoms with Gasteiger partial charge < -0.3 is 10.6 Å². The van der Waals surface area contributed by atoms with E-state index in [-0.39, 0.29) is 23.3 Å². The van der Waals surface area contributed by atoms with Crippen molar-refractivity contribution in [3.63, 3.8) is 0 Å². The van der Waals surface area contributed by atoms with E-state index in [2.05, 4.69) is 10.6 Å². The van der Waals surface area contributed by atoms with Crippen LogP contribution < -0.4 is 10.6 Å². The maximum absolute atomic E-state index is 13.1. The van der Waals surface area contributed by atoms with Gasteiger partial charge >= 0.3 is 0 Å². The largest absolute Gasteiger partial charge is 0.389 e. The zero-order chi connectivity index (χ0) is 16.5. The fourth-order valence-electron chi connectivity index (χ4n) is 2.74. The summed E-state index contributed by atoms with van der Waals surface area (Å²) in [6.45, 7) is 0.533. The normalized spacial score (nSPS) is 15.7. The number of benzene rings is 1. The van der Waals surface area contributed by atoms with Crippen LogP contribution in [0.1, 0.15) is 37.7 Å². The fraction of sp³-hybridized carbons (Fsp3) is 0.444. The molecular formula is C18H22FN3O. The van der Waals surface area contributed by atoms with E-state index in [0.717, 1.165) is 31.2 Å². The molecule has 5 heteroatoms. The monoisotopic (exact) mass is 315 g/mol. The standard InChI is InChI=1S/C18H22FN3O/c19-16-6-4-5-14(11-16)9-10-21-13-15(12-20)18(23)22-17-7-2-1-3-8-17/h4-6,11,13,17,21H,1-3,7-10H2,(H,22,23)/b15-13-. The highest BCUT2D eigenvalue weighted by molar-refractivity contribution is 5.97. The van der Waals surface area contributed by atoms with E-state index in [1.54, 1.807) is 6.07 Å². The first-order valence-corrected chi connectivity index (χ1v) is 8.08. The van der Waals surface area contributed by atoms with Gasteiger partial charge in [-0.2, -0.15) is 5.26 Å². The number of nitrogens with one attached hydrogen (secondary N) is 2. The lowest BCUT2D eigenvalue weighted by atomic mass is 9.95. The van der Waals surface area contributed by atoms with Crippen molar-refractivity contribution in [2.45, 2.75) is 44.6 Å². The Bertz CT molecular complexity index is 601. The molecule has 1 fully saturated rings. The minimum absolute atomic E-state index is 0.0785. The van der Waals surface area contributed by atoms with Crippen molar-refractivity contribution in [1.82, 2.24) is 10.6 Å². The average molecular weight is 315 g/mol. The molecule has 1 saturated carbocycles. The molecule has 122 valence electrons. The van der Waals surface area contributed by atoms with Crippen LogP contribution in [-0.4, -0.2) is 18.5 Å². The Labute approximate surface area is 136 Å². The van der Waals surface area contributed by atoms with Gasteiger partial charge in [-0.3, -0.25) is 4.79 Å². The van der Waals surface area contributed by atoms with Crippen LogP contribution in [-0.2, 0) is 11.2 Å². The SMILES string of the molecule is N#C/C(=C/NCCc1cccc(F)c1)C(=O)NC1CCCCC1. The van der Waals surface area contributed by atoms with E-state index >= 15 is 0 Å². The maximum Gasteiger partial charge on any atom is 0.263 e. The summed E-state index contributed by atoms with van der Waals surface area (Å²) < 4.78 is 13.1. The zero-order valence-electron chi connectivity index (χ0n) is 13.1. The molecule has 0 radical (unpaired) electrons. The Morgan fingerprint density at radius 1 is 1.35 bits per heavy atom. The Morgan fingerprint density at radius 3 is 2.83 bits per heavy atom. The van der Waals surface area contributed by atoms with Crippen molar-refractivity contribution >= 4 is 5.91 Å². The molecule has 0 heterocycles. The van der Waals surface area contributed by atoms with Crippen molar-refractivity contribution in [1.29, 1.82) is 5.26 Å². The van der Waals surface area contributed by atoms with E-state index in [1.807, 2.05) is 12.1 Å². The Hall–Kier alpha value is -2.35. The van der Waals surface area contributed by atoms with Crippen LogP contribution in [0.2, 0.25) is 0 Å². The average Bonchev–Trinajstić information content (AvgIpc) is 2.56. The van der Waals surface area contributed by atoms with Crippen LogP contribution in [0.15, 0.2) is 36.0 Å². The third kappa shape index (κ3) is 5.74. The van der Waals surface area contributed by atoms with E-state index in [9.17, 15) is 9.18 Å². The molecule has 2 rings (SSSR count). The molecule has 0 spiro atoms. The summed E-state index contributed by atoms with van der Waals surface area (Å²) in [5.74, 6) is -0.583. The number of nitrogens with zero attached hydrogens (tertiary/aromatic N) is 1. The summed E-state index contributed by atoms with van der Waals surface area (Å²) in [6.07, 6.45) is 7.50. The predicted molar refractivity (Wildman–Crippen MR) is 86.8 cm³/mol. The van der Waals surface area contributed by atoms with Gasteiger partial charge in [-0.25, -0.2) is 4.39 Å². The summed E-state index contributed by atoms with van der Waals surface area (Å²) in [5, 5.41) is 15.0. The topological polar surface area (TPSA) is 64.9 Å². The predicted octanol–water partition coefficient (Wildman–Crippen LogP) is 2.81. The van der Waals surface area contributed by atoms with Crippen molar-refractivity contribution in [3.8, 4) is 6.07 Å². The third-order valence-electron chi connectivity index (χ3n) is 4.00. The summed E-state index contributed by atoms with van der Waals surface area (Å²) in [7, 11) is 0. The number of carbonyl (C=O) groups excluding carboxylic acids is 1. The van der Waals surface area contributed by atoms with E-state index < -0.39 is 0 Å². The van der Waals surface area contributed by atoms with Crippen LogP contribution >= 0.6 is 0 Å². The summed E-state index contributed by atoms with van der Waals surface area (Å²) in [4.78, 5) is 12.1. The lowest BCUT2D eigenvalue weighted by Crippen LogP contribution is -2.37. The van der Waals surface area contributed by atoms with Gasteiger partial charge in [-0.05, 0) is 37.0 Å². The van der Waals surface area contributed by atoms with Gasteiger partial charge in [-0.15, -0.1) is 0 Å². The van der Waals surface area contributed by atoms with Gasteiger partial charge in [0.1, 0.15) is 17.5 Å². The second-order valence-corrected chi connectivity index (χ2v) is 5.81. The number of amides is 1. The van der Waals surface area contributed by atoms with Crippen molar-refractivity contribution in [2.75, 3.05) is 6.54 Å². The van der Waals surface area contributed by atoms with Crippen molar-refractivity contribution in [3.05, 3.63) is 47.4 Å². The van der Waals surface area contributed by atoms with Crippen LogP contribution in [0.5, 0.6) is 0 Å². The highest BCUT2D eigenvalue weighted by Gasteiger charge is 2.17. The molecule has 4 nitrogen and oxygen atoms in total. The molecule has 0 atom stereocenters. The number of hydrogen-bond acceptors (Lipinski definition) is 3.